The summed E-state index contributed by atoms with van der Waals surface area (Å²) in [4.78, 5) is 9.47. The quantitative estimate of drug-likeness (QED) is 0.236. The molecule has 0 amide bonds. The Bertz CT molecular complexity index is 1560. The highest BCUT2D eigenvalue weighted by molar-refractivity contribution is 6.50. The maximum absolute atomic E-state index is 9.14. The zero-order valence-corrected chi connectivity index (χ0v) is 21.0. The number of amidine groups is 2. The lowest BCUT2D eigenvalue weighted by molar-refractivity contribution is 0.229. The van der Waals surface area contributed by atoms with Crippen LogP contribution < -0.4 is 20.5 Å². The number of aliphatic hydroxyl groups excluding tert-OH is 1. The van der Waals surface area contributed by atoms with Crippen LogP contribution in [0, 0.1) is 5.41 Å². The maximum Gasteiger partial charge on any atom is 0.260 e. The van der Waals surface area contributed by atoms with E-state index >= 15 is 0 Å². The van der Waals surface area contributed by atoms with Gasteiger partial charge >= 0.3 is 0 Å². The molecule has 0 atom stereocenters. The highest BCUT2D eigenvalue weighted by atomic mass is 16.5. The number of hydrogen-bond acceptors (Lipinski definition) is 9. The molecule has 0 fully saturated rings. The molecule has 38 heavy (non-hydrogen) atoms. The minimum atomic E-state index is 0.00407. The zero-order chi connectivity index (χ0) is 26.5. The largest absolute Gasteiger partial charge is 0.475 e. The first-order valence-corrected chi connectivity index (χ1v) is 12.4. The van der Waals surface area contributed by atoms with Crippen molar-refractivity contribution in [2.75, 3.05) is 19.8 Å². The number of aliphatic hydroxyl groups is 1. The number of rotatable bonds is 10. The lowest BCUT2D eigenvalue weighted by atomic mass is 10.2. The Hall–Kier alpha value is -4.71. The first kappa shape index (κ1) is 25.0. The second-order valence-corrected chi connectivity index (χ2v) is 8.56. The molecule has 5 rings (SSSR count). The highest BCUT2D eigenvalue weighted by Gasteiger charge is 2.23. The van der Waals surface area contributed by atoms with Crippen molar-refractivity contribution in [3.05, 3.63) is 60.6 Å². The van der Waals surface area contributed by atoms with Crippen molar-refractivity contribution < 1.29 is 14.6 Å². The van der Waals surface area contributed by atoms with E-state index in [2.05, 4.69) is 22.4 Å². The fraction of sp³-hybridized carbons (Fsp3) is 0.269. The minimum absolute atomic E-state index is 0.00407. The summed E-state index contributed by atoms with van der Waals surface area (Å²) in [6, 6.07) is 11.2. The molecule has 5 N–H and O–H groups in total. The smallest absolute Gasteiger partial charge is 0.260 e. The van der Waals surface area contributed by atoms with Crippen molar-refractivity contribution in [1.82, 2.24) is 24.5 Å². The van der Waals surface area contributed by atoms with Gasteiger partial charge in [-0.3, -0.25) is 5.41 Å². The number of hydrogen-bond donors (Lipinski definition) is 4. The summed E-state index contributed by atoms with van der Waals surface area (Å²) >= 11 is 0. The Morgan fingerprint density at radius 2 is 1.50 bits per heavy atom. The molecule has 1 aliphatic heterocycles. The lowest BCUT2D eigenvalue weighted by Gasteiger charge is -2.17. The van der Waals surface area contributed by atoms with Gasteiger partial charge < -0.3 is 25.6 Å². The molecule has 12 heteroatoms. The van der Waals surface area contributed by atoms with Gasteiger partial charge in [-0.2, -0.15) is 0 Å². The van der Waals surface area contributed by atoms with Gasteiger partial charge in [0.25, 0.3) is 11.8 Å². The number of nitrogens with zero attached hydrogens (tertiary/aromatic N) is 6. The van der Waals surface area contributed by atoms with Crippen molar-refractivity contribution in [2.24, 2.45) is 15.7 Å². The van der Waals surface area contributed by atoms with E-state index in [1.54, 1.807) is 15.2 Å². The molecule has 4 aromatic heterocycles. The third-order valence-corrected chi connectivity index (χ3v) is 5.76. The predicted molar refractivity (Wildman–Crippen MR) is 145 cm³/mol. The van der Waals surface area contributed by atoms with Gasteiger partial charge in [-0.25, -0.2) is 19.0 Å². The summed E-state index contributed by atoms with van der Waals surface area (Å²) in [5.74, 6) is 1.24. The van der Waals surface area contributed by atoms with E-state index in [9.17, 15) is 0 Å². The molecule has 12 nitrogen and oxygen atoms in total. The van der Waals surface area contributed by atoms with Gasteiger partial charge in [-0.15, -0.1) is 10.2 Å². The van der Waals surface area contributed by atoms with Crippen LogP contribution in [0.15, 0.2) is 70.5 Å². The van der Waals surface area contributed by atoms with Crippen molar-refractivity contribution in [3.63, 3.8) is 0 Å². The maximum atomic E-state index is 9.14. The number of ether oxygens (including phenoxy) is 2. The Labute approximate surface area is 218 Å². The van der Waals surface area contributed by atoms with E-state index in [1.807, 2.05) is 42.6 Å². The summed E-state index contributed by atoms with van der Waals surface area (Å²) < 4.78 is 15.1. The van der Waals surface area contributed by atoms with E-state index < -0.39 is 0 Å². The average molecular weight is 516 g/mol. The second-order valence-electron chi connectivity index (χ2n) is 8.56. The Balaban J connectivity index is 1.54. The van der Waals surface area contributed by atoms with Crippen LogP contribution in [-0.4, -0.2) is 61.5 Å². The molecule has 0 aliphatic carbocycles. The van der Waals surface area contributed by atoms with Crippen LogP contribution in [0.2, 0.25) is 0 Å². The van der Waals surface area contributed by atoms with Crippen molar-refractivity contribution in [1.29, 1.82) is 5.41 Å². The molecule has 0 bridgehead atoms. The number of nitrogens with two attached hydrogens (primary N) is 1. The Kier molecular flexibility index (Phi) is 7.31. The summed E-state index contributed by atoms with van der Waals surface area (Å²) in [5, 5.41) is 29.8. The summed E-state index contributed by atoms with van der Waals surface area (Å²) in [7, 11) is 0. The summed E-state index contributed by atoms with van der Waals surface area (Å²) in [6.45, 7) is 2.89. The van der Waals surface area contributed by atoms with Crippen LogP contribution in [0.4, 0.5) is 11.4 Å². The van der Waals surface area contributed by atoms with Crippen LogP contribution in [0.1, 0.15) is 26.2 Å². The van der Waals surface area contributed by atoms with Gasteiger partial charge in [0.05, 0.1) is 35.7 Å². The normalized spacial score (nSPS) is 15.8. The third kappa shape index (κ3) is 5.06. The van der Waals surface area contributed by atoms with Crippen LogP contribution in [0.25, 0.3) is 11.0 Å². The minimum Gasteiger partial charge on any atom is -0.475 e. The fourth-order valence-electron chi connectivity index (χ4n) is 3.83. The van der Waals surface area contributed by atoms with Crippen LogP contribution in [-0.2, 0) is 0 Å². The van der Waals surface area contributed by atoms with Gasteiger partial charge in [0.1, 0.15) is 0 Å². The van der Waals surface area contributed by atoms with Gasteiger partial charge in [0.15, 0.2) is 23.0 Å². The fourth-order valence-corrected chi connectivity index (χ4v) is 3.83. The van der Waals surface area contributed by atoms with E-state index in [0.717, 1.165) is 18.4 Å². The number of unbranched alkanes of at least 4 members (excludes halogenated alkanes) is 1. The molecule has 0 radical (unpaired) electrons. The molecule has 1 aliphatic rings. The van der Waals surface area contributed by atoms with Crippen molar-refractivity contribution in [2.45, 2.75) is 26.2 Å². The molecular weight excluding hydrogens is 486 g/mol. The molecule has 5 heterocycles. The number of nitrogens with one attached hydrogen (secondary N) is 2. The number of aliphatic imine (C=N–C) groups is 2. The van der Waals surface area contributed by atoms with E-state index in [-0.39, 0.29) is 30.5 Å². The monoisotopic (exact) mass is 515 g/mol. The summed E-state index contributed by atoms with van der Waals surface area (Å²) in [5.41, 5.74) is 9.05. The second kappa shape index (κ2) is 11.1. The molecule has 0 saturated heterocycles. The molecule has 4 aromatic rings. The van der Waals surface area contributed by atoms with Crippen LogP contribution >= 0.6 is 0 Å². The van der Waals surface area contributed by atoms with Crippen LogP contribution in [0.3, 0.4) is 0 Å². The van der Waals surface area contributed by atoms with Gasteiger partial charge in [0, 0.05) is 25.4 Å². The van der Waals surface area contributed by atoms with Crippen molar-refractivity contribution >= 4 is 39.8 Å². The van der Waals surface area contributed by atoms with Crippen molar-refractivity contribution in [3.8, 4) is 11.8 Å². The predicted octanol–water partition coefficient (Wildman–Crippen LogP) is 3.15. The molecule has 196 valence electrons. The van der Waals surface area contributed by atoms with Crippen LogP contribution in [0.5, 0.6) is 11.8 Å². The first-order chi connectivity index (χ1) is 18.6. The molecule has 0 saturated carbocycles. The molecule has 0 unspecified atom stereocenters. The number of aromatic nitrogens is 4. The van der Waals surface area contributed by atoms with Gasteiger partial charge in [0.2, 0.25) is 0 Å². The topological polar surface area (TPSA) is 160 Å². The Morgan fingerprint density at radius 3 is 2.08 bits per heavy atom. The molecular formula is C26H29N9O3. The Morgan fingerprint density at radius 1 is 0.921 bits per heavy atom. The lowest BCUT2D eigenvalue weighted by Crippen LogP contribution is -2.42. The van der Waals surface area contributed by atoms with Gasteiger partial charge in [-0.05, 0) is 36.8 Å². The number of pyridine rings is 2. The van der Waals surface area contributed by atoms with Gasteiger partial charge in [-0.1, -0.05) is 25.5 Å². The first-order valence-electron chi connectivity index (χ1n) is 12.4. The van der Waals surface area contributed by atoms with E-state index in [0.29, 0.717) is 47.5 Å². The molecule has 0 aromatic carbocycles. The number of fused-ring (bicyclic) bond motifs is 2. The van der Waals surface area contributed by atoms with E-state index in [1.165, 1.54) is 6.08 Å². The summed E-state index contributed by atoms with van der Waals surface area (Å²) in [6.07, 6.45) is 7.44. The zero-order valence-electron chi connectivity index (χ0n) is 21.0. The average Bonchev–Trinajstić information content (AvgIpc) is 3.45. The highest BCUT2D eigenvalue weighted by Crippen LogP contribution is 2.34. The SMILES string of the molecule is CCCCOc1nn2ccccc2c1/N=C1\N/C(=N/c2c(OCCCO)nn3ccccc23)C(N)=CC1=N. The molecule has 0 spiro atoms. The standard InChI is InChI=1S/C26H29N9O3/c1-2-3-14-37-25-21(19-9-4-6-11-34(19)32-25)29-23-17(27)16-18(28)24(31-23)30-22-20-10-5-7-12-35(20)33-26(22)38-15-8-13-36/h4-7,9-12,16,27,36H,2-3,8,13-15,28H2,1H3,(H,29,30,31). The van der Waals surface area contributed by atoms with E-state index in [4.69, 9.17) is 35.7 Å². The third-order valence-electron chi connectivity index (χ3n) is 5.76.